The van der Waals surface area contributed by atoms with Crippen LogP contribution in [-0.2, 0) is 5.54 Å². The molecule has 0 aliphatic heterocycles. The van der Waals surface area contributed by atoms with Gasteiger partial charge >= 0.3 is 0 Å². The van der Waals surface area contributed by atoms with Crippen LogP contribution in [0.25, 0.3) is 5.65 Å². The van der Waals surface area contributed by atoms with Crippen LogP contribution in [-0.4, -0.2) is 48.3 Å². The Balaban J connectivity index is 1.79. The number of fused-ring (bicyclic) bond motifs is 1. The van der Waals surface area contributed by atoms with Crippen LogP contribution in [0.4, 0.5) is 5.69 Å². The summed E-state index contributed by atoms with van der Waals surface area (Å²) in [4.78, 5) is 27.3. The maximum atomic E-state index is 12.4. The third-order valence-corrected chi connectivity index (χ3v) is 4.54. The molecule has 0 aliphatic rings. The van der Waals surface area contributed by atoms with Crippen molar-refractivity contribution in [3.05, 3.63) is 42.1 Å². The summed E-state index contributed by atoms with van der Waals surface area (Å²) < 4.78 is 3.28. The Morgan fingerprint density at radius 3 is 2.85 bits per heavy atom. The van der Waals surface area contributed by atoms with Crippen LogP contribution in [0.2, 0.25) is 0 Å². The molecule has 1 unspecified atom stereocenters. The average Bonchev–Trinajstić information content (AvgIpc) is 3.28. The van der Waals surface area contributed by atoms with Gasteiger partial charge in [0, 0.05) is 19.0 Å². The molecule has 0 radical (unpaired) electrons. The van der Waals surface area contributed by atoms with E-state index in [1.807, 2.05) is 13.8 Å². The Hall–Kier alpha value is -3.07. The molecular formula is C17H20N6O3. The zero-order valence-corrected chi connectivity index (χ0v) is 14.6. The predicted octanol–water partition coefficient (Wildman–Crippen LogP) is 1.50. The Morgan fingerprint density at radius 2 is 2.15 bits per heavy atom. The summed E-state index contributed by atoms with van der Waals surface area (Å²) in [7, 11) is 0. The number of aliphatic hydroxyl groups excluding tert-OH is 1. The minimum Gasteiger partial charge on any atom is -0.396 e. The molecule has 0 spiro atoms. The van der Waals surface area contributed by atoms with Crippen LogP contribution in [0, 0.1) is 0 Å². The Morgan fingerprint density at radius 1 is 1.35 bits per heavy atom. The molecule has 9 nitrogen and oxygen atoms in total. The molecule has 3 aromatic rings. The number of aliphatic hydroxyl groups is 1. The number of imidazole rings is 1. The molecule has 0 saturated carbocycles. The molecule has 0 fully saturated rings. The maximum absolute atomic E-state index is 12.4. The summed E-state index contributed by atoms with van der Waals surface area (Å²) in [5, 5.41) is 20.0. The van der Waals surface area contributed by atoms with E-state index >= 15 is 0 Å². The number of carbonyl (C=O) groups excluding carboxylic acids is 2. The highest BCUT2D eigenvalue weighted by molar-refractivity contribution is 6.02. The Labute approximate surface area is 149 Å². The standard InChI is InChI=1S/C17H20N6O3/c1-3-17(2,6-7-24)23-10-14(20-21-23)16(26)19-12-4-5-15-18-13(11-25)9-22(15)8-12/h4-5,8-11,24H,3,6-7H2,1-2H3,(H,19,26). The summed E-state index contributed by atoms with van der Waals surface area (Å²) in [6, 6.07) is 3.40. The van der Waals surface area contributed by atoms with Crippen LogP contribution in [0.3, 0.4) is 0 Å². The van der Waals surface area contributed by atoms with Crippen LogP contribution < -0.4 is 5.32 Å². The zero-order chi connectivity index (χ0) is 18.7. The quantitative estimate of drug-likeness (QED) is 0.620. The minimum absolute atomic E-state index is 0.0272. The third-order valence-electron chi connectivity index (χ3n) is 4.54. The van der Waals surface area contributed by atoms with E-state index in [0.29, 0.717) is 29.7 Å². The van der Waals surface area contributed by atoms with E-state index < -0.39 is 11.4 Å². The predicted molar refractivity (Wildman–Crippen MR) is 94.2 cm³/mol. The summed E-state index contributed by atoms with van der Waals surface area (Å²) in [6.07, 6.45) is 6.75. The molecule has 9 heteroatoms. The van der Waals surface area contributed by atoms with Crippen molar-refractivity contribution in [3.8, 4) is 0 Å². The second-order valence-corrected chi connectivity index (χ2v) is 6.29. The lowest BCUT2D eigenvalue weighted by Crippen LogP contribution is -2.31. The number of aromatic nitrogens is 5. The fourth-order valence-electron chi connectivity index (χ4n) is 2.66. The molecule has 3 heterocycles. The van der Waals surface area contributed by atoms with Crippen molar-refractivity contribution in [2.45, 2.75) is 32.2 Å². The van der Waals surface area contributed by atoms with E-state index in [1.54, 1.807) is 39.8 Å². The number of carbonyl (C=O) groups is 2. The van der Waals surface area contributed by atoms with Gasteiger partial charge in [0.15, 0.2) is 12.0 Å². The number of nitrogens with zero attached hydrogens (tertiary/aromatic N) is 5. The SMILES string of the molecule is CCC(C)(CCO)n1cc(C(=O)Nc2ccc3nc(C=O)cn3c2)nn1. The van der Waals surface area contributed by atoms with Gasteiger partial charge in [0.25, 0.3) is 5.91 Å². The zero-order valence-electron chi connectivity index (χ0n) is 14.6. The molecule has 2 N–H and O–H groups in total. The first-order valence-corrected chi connectivity index (χ1v) is 8.28. The third kappa shape index (κ3) is 3.33. The van der Waals surface area contributed by atoms with Gasteiger partial charge < -0.3 is 14.8 Å². The number of amides is 1. The van der Waals surface area contributed by atoms with Gasteiger partial charge in [-0.3, -0.25) is 9.59 Å². The summed E-state index contributed by atoms with van der Waals surface area (Å²) in [5.41, 5.74) is 1.25. The van der Waals surface area contributed by atoms with E-state index in [1.165, 1.54) is 0 Å². The lowest BCUT2D eigenvalue weighted by molar-refractivity contribution is 0.102. The molecule has 0 saturated heterocycles. The molecule has 26 heavy (non-hydrogen) atoms. The second kappa shape index (κ2) is 7.04. The lowest BCUT2D eigenvalue weighted by atomic mass is 9.95. The number of pyridine rings is 1. The molecule has 1 atom stereocenters. The summed E-state index contributed by atoms with van der Waals surface area (Å²) in [5.74, 6) is -0.395. The Kier molecular flexibility index (Phi) is 4.81. The number of nitrogens with one attached hydrogen (secondary N) is 1. The second-order valence-electron chi connectivity index (χ2n) is 6.29. The van der Waals surface area contributed by atoms with E-state index in [2.05, 4.69) is 20.6 Å². The fraction of sp³-hybridized carbons (Fsp3) is 0.353. The van der Waals surface area contributed by atoms with Crippen molar-refractivity contribution in [2.24, 2.45) is 0 Å². The van der Waals surface area contributed by atoms with Crippen molar-refractivity contribution in [2.75, 3.05) is 11.9 Å². The smallest absolute Gasteiger partial charge is 0.277 e. The first kappa shape index (κ1) is 17.7. The molecule has 0 aromatic carbocycles. The van der Waals surface area contributed by atoms with Gasteiger partial charge in [-0.2, -0.15) is 0 Å². The number of anilines is 1. The van der Waals surface area contributed by atoms with Crippen molar-refractivity contribution in [1.29, 1.82) is 0 Å². The minimum atomic E-state index is -0.402. The highest BCUT2D eigenvalue weighted by Gasteiger charge is 2.26. The fourth-order valence-corrected chi connectivity index (χ4v) is 2.66. The topological polar surface area (TPSA) is 114 Å². The molecule has 0 bridgehead atoms. The normalized spacial score (nSPS) is 13.5. The van der Waals surface area contributed by atoms with Crippen molar-refractivity contribution < 1.29 is 14.7 Å². The van der Waals surface area contributed by atoms with Crippen LogP contribution in [0.1, 0.15) is 47.7 Å². The van der Waals surface area contributed by atoms with Gasteiger partial charge in [0.1, 0.15) is 11.3 Å². The van der Waals surface area contributed by atoms with Gasteiger partial charge in [-0.1, -0.05) is 12.1 Å². The summed E-state index contributed by atoms with van der Waals surface area (Å²) in [6.45, 7) is 3.97. The summed E-state index contributed by atoms with van der Waals surface area (Å²) >= 11 is 0. The Bertz CT molecular complexity index is 947. The molecular weight excluding hydrogens is 336 g/mol. The largest absolute Gasteiger partial charge is 0.396 e. The average molecular weight is 356 g/mol. The molecule has 3 rings (SSSR count). The van der Waals surface area contributed by atoms with E-state index in [0.717, 1.165) is 6.42 Å². The van der Waals surface area contributed by atoms with Crippen LogP contribution in [0.5, 0.6) is 0 Å². The maximum Gasteiger partial charge on any atom is 0.277 e. The monoisotopic (exact) mass is 356 g/mol. The highest BCUT2D eigenvalue weighted by atomic mass is 16.3. The molecule has 1 amide bonds. The number of rotatable bonds is 7. The van der Waals surface area contributed by atoms with Gasteiger partial charge in [-0.15, -0.1) is 5.10 Å². The number of aldehydes is 1. The molecule has 3 aromatic heterocycles. The van der Waals surface area contributed by atoms with Crippen LogP contribution in [0.15, 0.2) is 30.7 Å². The first-order valence-electron chi connectivity index (χ1n) is 8.28. The number of hydrogen-bond donors (Lipinski definition) is 2. The van der Waals surface area contributed by atoms with Gasteiger partial charge in [0.2, 0.25) is 0 Å². The van der Waals surface area contributed by atoms with Gasteiger partial charge in [-0.25, -0.2) is 9.67 Å². The highest BCUT2D eigenvalue weighted by Crippen LogP contribution is 2.23. The van der Waals surface area contributed by atoms with Crippen molar-refractivity contribution in [1.82, 2.24) is 24.4 Å². The molecule has 136 valence electrons. The van der Waals surface area contributed by atoms with Crippen LogP contribution >= 0.6 is 0 Å². The van der Waals surface area contributed by atoms with E-state index in [-0.39, 0.29) is 12.3 Å². The van der Waals surface area contributed by atoms with Gasteiger partial charge in [-0.05, 0) is 31.9 Å². The molecule has 0 aliphatic carbocycles. The lowest BCUT2D eigenvalue weighted by Gasteiger charge is -2.27. The van der Waals surface area contributed by atoms with Crippen molar-refractivity contribution >= 4 is 23.5 Å². The first-order chi connectivity index (χ1) is 12.5. The number of hydrogen-bond acceptors (Lipinski definition) is 6. The van der Waals surface area contributed by atoms with Crippen molar-refractivity contribution in [3.63, 3.8) is 0 Å². The van der Waals surface area contributed by atoms with E-state index in [4.69, 9.17) is 0 Å². The van der Waals surface area contributed by atoms with Gasteiger partial charge in [0.05, 0.1) is 17.4 Å². The van der Waals surface area contributed by atoms with E-state index in [9.17, 15) is 14.7 Å².